The fraction of sp³-hybridized carbons (Fsp3) is 0.227. The number of fused-ring (bicyclic) bond motifs is 2. The van der Waals surface area contributed by atoms with E-state index in [2.05, 4.69) is 41.1 Å². The smallest absolute Gasteiger partial charge is 0.335 e. The third-order valence-corrected chi connectivity index (χ3v) is 6.32. The summed E-state index contributed by atoms with van der Waals surface area (Å²) in [6.07, 6.45) is 2.30. The number of pyridine rings is 1. The molecular weight excluding hydrogens is 370 g/mol. The first kappa shape index (κ1) is 17.1. The first-order chi connectivity index (χ1) is 13.6. The number of nitrogens with zero attached hydrogens (tertiary/aromatic N) is 3. The molecule has 2 aromatic carbocycles. The maximum absolute atomic E-state index is 11.4. The molecular formula is C22H19N3O2S. The molecule has 0 spiro atoms. The Labute approximate surface area is 166 Å². The number of anilines is 1. The minimum atomic E-state index is -0.920. The molecule has 5 nitrogen and oxygen atoms in total. The predicted octanol–water partition coefficient (Wildman–Crippen LogP) is 5.20. The van der Waals surface area contributed by atoms with Crippen molar-refractivity contribution < 1.29 is 9.90 Å². The van der Waals surface area contributed by atoms with Crippen molar-refractivity contribution in [3.63, 3.8) is 0 Å². The summed E-state index contributed by atoms with van der Waals surface area (Å²) in [5, 5.41) is 10.2. The van der Waals surface area contributed by atoms with Gasteiger partial charge < -0.3 is 10.0 Å². The van der Waals surface area contributed by atoms with Gasteiger partial charge in [0.25, 0.3) is 0 Å². The second-order valence-corrected chi connectivity index (χ2v) is 8.17. The van der Waals surface area contributed by atoms with Gasteiger partial charge in [0.1, 0.15) is 0 Å². The Morgan fingerprint density at radius 2 is 2.07 bits per heavy atom. The van der Waals surface area contributed by atoms with Gasteiger partial charge in [-0.15, -0.1) is 11.3 Å². The number of rotatable bonds is 3. The number of carboxylic acid groups (broad SMARTS) is 1. The lowest BCUT2D eigenvalue weighted by atomic mass is 10.0. The summed E-state index contributed by atoms with van der Waals surface area (Å²) >= 11 is 1.63. The number of carboxylic acids is 1. The van der Waals surface area contributed by atoms with Gasteiger partial charge in [0.15, 0.2) is 0 Å². The summed E-state index contributed by atoms with van der Waals surface area (Å²) in [7, 11) is 0. The third kappa shape index (κ3) is 2.81. The van der Waals surface area contributed by atoms with Gasteiger partial charge in [-0.1, -0.05) is 6.07 Å². The van der Waals surface area contributed by atoms with Crippen LogP contribution in [0.5, 0.6) is 0 Å². The Balaban J connectivity index is 1.75. The van der Waals surface area contributed by atoms with Gasteiger partial charge in [0.05, 0.1) is 38.2 Å². The lowest BCUT2D eigenvalue weighted by molar-refractivity contribution is 0.0697. The summed E-state index contributed by atoms with van der Waals surface area (Å²) < 4.78 is 1.16. The standard InChI is InChI=1S/C22H19N3O2S/c1-13-3-2-8-25(13)19-11-16-9-15(22(26)27)4-6-17(16)24-21(19)14-5-7-20-18(10-14)23-12-28-20/h4-7,9-13H,2-3,8H2,1H3,(H,26,27)/t13-/m0/s1. The second-order valence-electron chi connectivity index (χ2n) is 7.29. The van der Waals surface area contributed by atoms with E-state index >= 15 is 0 Å². The van der Waals surface area contributed by atoms with E-state index in [9.17, 15) is 9.90 Å². The minimum absolute atomic E-state index is 0.284. The quantitative estimate of drug-likeness (QED) is 0.522. The topological polar surface area (TPSA) is 66.3 Å². The molecule has 0 radical (unpaired) electrons. The largest absolute Gasteiger partial charge is 0.478 e. The summed E-state index contributed by atoms with van der Waals surface area (Å²) in [4.78, 5) is 23.2. The van der Waals surface area contributed by atoms with Crippen LogP contribution in [0.25, 0.3) is 32.4 Å². The summed E-state index contributed by atoms with van der Waals surface area (Å²) in [6.45, 7) is 3.22. The minimum Gasteiger partial charge on any atom is -0.478 e. The van der Waals surface area contributed by atoms with Crippen LogP contribution < -0.4 is 4.90 Å². The average molecular weight is 389 g/mol. The van der Waals surface area contributed by atoms with Crippen LogP contribution in [-0.4, -0.2) is 33.6 Å². The van der Waals surface area contributed by atoms with Crippen molar-refractivity contribution in [1.29, 1.82) is 0 Å². The lowest BCUT2D eigenvalue weighted by Gasteiger charge is -2.26. The van der Waals surface area contributed by atoms with E-state index in [1.54, 1.807) is 29.5 Å². The molecule has 0 unspecified atom stereocenters. The summed E-state index contributed by atoms with van der Waals surface area (Å²) in [5.41, 5.74) is 6.95. The van der Waals surface area contributed by atoms with Crippen LogP contribution in [0.3, 0.4) is 0 Å². The zero-order valence-electron chi connectivity index (χ0n) is 15.4. The maximum atomic E-state index is 11.4. The molecule has 3 heterocycles. The highest BCUT2D eigenvalue weighted by Crippen LogP contribution is 2.37. The molecule has 2 aromatic heterocycles. The molecule has 1 N–H and O–H groups in total. The Bertz CT molecular complexity index is 1220. The zero-order valence-corrected chi connectivity index (χ0v) is 16.2. The van der Waals surface area contributed by atoms with E-state index < -0.39 is 5.97 Å². The maximum Gasteiger partial charge on any atom is 0.335 e. The van der Waals surface area contributed by atoms with E-state index in [0.29, 0.717) is 6.04 Å². The number of hydrogen-bond donors (Lipinski definition) is 1. The third-order valence-electron chi connectivity index (χ3n) is 5.51. The molecule has 1 atom stereocenters. The van der Waals surface area contributed by atoms with Gasteiger partial charge >= 0.3 is 5.97 Å². The van der Waals surface area contributed by atoms with E-state index in [-0.39, 0.29) is 5.56 Å². The van der Waals surface area contributed by atoms with Crippen LogP contribution in [0.1, 0.15) is 30.1 Å². The molecule has 28 heavy (non-hydrogen) atoms. The number of aromatic nitrogens is 2. The van der Waals surface area contributed by atoms with Gasteiger partial charge in [-0.3, -0.25) is 0 Å². The molecule has 1 saturated heterocycles. The number of hydrogen-bond acceptors (Lipinski definition) is 5. The number of carbonyl (C=O) groups is 1. The molecule has 6 heteroatoms. The van der Waals surface area contributed by atoms with Crippen LogP contribution in [0.2, 0.25) is 0 Å². The SMILES string of the molecule is C[C@H]1CCCN1c1cc2cc(C(=O)O)ccc2nc1-c1ccc2scnc2c1. The molecule has 1 aliphatic heterocycles. The average Bonchev–Trinajstić information content (AvgIpc) is 3.34. The molecule has 0 saturated carbocycles. The summed E-state index contributed by atoms with van der Waals surface area (Å²) in [6, 6.07) is 13.9. The normalized spacial score (nSPS) is 16.9. The van der Waals surface area contributed by atoms with E-state index in [4.69, 9.17) is 4.98 Å². The van der Waals surface area contributed by atoms with Crippen LogP contribution in [0.15, 0.2) is 48.0 Å². The summed E-state index contributed by atoms with van der Waals surface area (Å²) in [5.74, 6) is -0.920. The van der Waals surface area contributed by atoms with Crippen molar-refractivity contribution >= 4 is 44.1 Å². The van der Waals surface area contributed by atoms with E-state index in [0.717, 1.165) is 57.5 Å². The highest BCUT2D eigenvalue weighted by Gasteiger charge is 2.25. The van der Waals surface area contributed by atoms with Crippen molar-refractivity contribution in [3.05, 3.63) is 53.5 Å². The van der Waals surface area contributed by atoms with Gasteiger partial charge in [-0.05, 0) is 56.2 Å². The van der Waals surface area contributed by atoms with Crippen molar-refractivity contribution in [1.82, 2.24) is 9.97 Å². The van der Waals surface area contributed by atoms with Crippen LogP contribution in [0, 0.1) is 0 Å². The number of thiazole rings is 1. The van der Waals surface area contributed by atoms with Gasteiger partial charge in [-0.25, -0.2) is 14.8 Å². The molecule has 1 fully saturated rings. The first-order valence-electron chi connectivity index (χ1n) is 9.38. The Hall–Kier alpha value is -2.99. The molecule has 0 amide bonds. The molecule has 4 aromatic rings. The van der Waals surface area contributed by atoms with Gasteiger partial charge in [0.2, 0.25) is 0 Å². The zero-order chi connectivity index (χ0) is 19.3. The van der Waals surface area contributed by atoms with Crippen LogP contribution in [0.4, 0.5) is 5.69 Å². The van der Waals surface area contributed by atoms with Crippen LogP contribution >= 0.6 is 11.3 Å². The van der Waals surface area contributed by atoms with E-state index in [1.165, 1.54) is 0 Å². The van der Waals surface area contributed by atoms with Crippen LogP contribution in [-0.2, 0) is 0 Å². The lowest BCUT2D eigenvalue weighted by Crippen LogP contribution is -2.27. The number of benzene rings is 2. The fourth-order valence-electron chi connectivity index (χ4n) is 4.03. The van der Waals surface area contributed by atoms with Crippen molar-refractivity contribution in [3.8, 4) is 11.3 Å². The fourth-order valence-corrected chi connectivity index (χ4v) is 4.68. The monoisotopic (exact) mass is 389 g/mol. The molecule has 1 aliphatic rings. The molecule has 140 valence electrons. The van der Waals surface area contributed by atoms with Gasteiger partial charge in [0, 0.05) is 23.5 Å². The Kier molecular flexibility index (Phi) is 4.02. The highest BCUT2D eigenvalue weighted by atomic mass is 32.1. The second kappa shape index (κ2) is 6.56. The van der Waals surface area contributed by atoms with Crippen molar-refractivity contribution in [2.24, 2.45) is 0 Å². The van der Waals surface area contributed by atoms with Crippen molar-refractivity contribution in [2.45, 2.75) is 25.8 Å². The van der Waals surface area contributed by atoms with Gasteiger partial charge in [-0.2, -0.15) is 0 Å². The van der Waals surface area contributed by atoms with E-state index in [1.807, 2.05) is 5.51 Å². The van der Waals surface area contributed by atoms with Crippen molar-refractivity contribution in [2.75, 3.05) is 11.4 Å². The molecule has 5 rings (SSSR count). The molecule has 0 aliphatic carbocycles. The predicted molar refractivity (Wildman–Crippen MR) is 113 cm³/mol. The highest BCUT2D eigenvalue weighted by molar-refractivity contribution is 7.16. The molecule has 0 bridgehead atoms. The Morgan fingerprint density at radius 1 is 1.18 bits per heavy atom. The Morgan fingerprint density at radius 3 is 2.86 bits per heavy atom. The number of aromatic carboxylic acids is 1. The first-order valence-corrected chi connectivity index (χ1v) is 10.3.